The number of fused-ring (bicyclic) bond motifs is 1. The fourth-order valence-corrected chi connectivity index (χ4v) is 2.74. The number of carbonyl (C=O) groups excluding carboxylic acids is 1. The van der Waals surface area contributed by atoms with E-state index in [1.165, 1.54) is 0 Å². The van der Waals surface area contributed by atoms with Crippen molar-refractivity contribution in [3.8, 4) is 11.5 Å². The van der Waals surface area contributed by atoms with Crippen molar-refractivity contribution in [1.29, 1.82) is 0 Å². The average molecular weight is 324 g/mol. The first-order valence-corrected chi connectivity index (χ1v) is 7.68. The number of ether oxygens (including phenoxy) is 2. The van der Waals surface area contributed by atoms with Crippen LogP contribution in [0.1, 0.15) is 5.56 Å². The highest BCUT2D eigenvalue weighted by Gasteiger charge is 2.28. The third-order valence-electron chi connectivity index (χ3n) is 3.94. The molecule has 122 valence electrons. The fourth-order valence-electron chi connectivity index (χ4n) is 2.74. The minimum absolute atomic E-state index is 0.0890. The summed E-state index contributed by atoms with van der Waals surface area (Å²) in [7, 11) is 0. The Labute approximate surface area is 138 Å². The van der Waals surface area contributed by atoms with E-state index < -0.39 is 6.04 Å². The molecule has 1 amide bonds. The van der Waals surface area contributed by atoms with Crippen molar-refractivity contribution in [3.05, 3.63) is 54.4 Å². The molecular weight excluding hydrogens is 308 g/mol. The predicted molar refractivity (Wildman–Crippen MR) is 86.7 cm³/mol. The molecule has 7 heteroatoms. The highest BCUT2D eigenvalue weighted by molar-refractivity contribution is 5.87. The molecule has 4 rings (SSSR count). The summed E-state index contributed by atoms with van der Waals surface area (Å²) < 4.78 is 10.6. The molecule has 0 unspecified atom stereocenters. The molecule has 0 aliphatic carbocycles. The van der Waals surface area contributed by atoms with Gasteiger partial charge in [-0.1, -0.05) is 18.2 Å². The van der Waals surface area contributed by atoms with E-state index in [9.17, 15) is 4.79 Å². The number of hydrogen-bond donors (Lipinski definition) is 1. The maximum Gasteiger partial charge on any atom is 0.247 e. The zero-order chi connectivity index (χ0) is 16.4. The SMILES string of the molecule is O=C(NCc1ccc2c(c1)OCO2)[C@@H]1C=CCN1c1ncccn1. The van der Waals surface area contributed by atoms with Gasteiger partial charge in [0.25, 0.3) is 0 Å². The monoisotopic (exact) mass is 324 g/mol. The molecule has 0 saturated carbocycles. The van der Waals surface area contributed by atoms with Gasteiger partial charge >= 0.3 is 0 Å². The molecule has 24 heavy (non-hydrogen) atoms. The zero-order valence-corrected chi connectivity index (χ0v) is 12.9. The topological polar surface area (TPSA) is 76.6 Å². The van der Waals surface area contributed by atoms with Gasteiger partial charge in [0.2, 0.25) is 18.6 Å². The molecule has 2 aliphatic heterocycles. The first-order chi connectivity index (χ1) is 11.8. The standard InChI is InChI=1S/C17H16N4O3/c22-16(13-3-1-8-21(13)17-18-6-2-7-19-17)20-10-12-4-5-14-15(9-12)24-11-23-14/h1-7,9,13H,8,10-11H2,(H,20,22)/t13-/m0/s1. The Morgan fingerprint density at radius 3 is 2.96 bits per heavy atom. The molecule has 7 nitrogen and oxygen atoms in total. The summed E-state index contributed by atoms with van der Waals surface area (Å²) >= 11 is 0. The van der Waals surface area contributed by atoms with Gasteiger partial charge in [0, 0.05) is 25.5 Å². The molecule has 2 aromatic rings. The van der Waals surface area contributed by atoms with E-state index in [0.717, 1.165) is 11.3 Å². The largest absolute Gasteiger partial charge is 0.454 e. The van der Waals surface area contributed by atoms with Gasteiger partial charge in [0.1, 0.15) is 6.04 Å². The molecule has 0 spiro atoms. The lowest BCUT2D eigenvalue weighted by Gasteiger charge is -2.23. The predicted octanol–water partition coefficient (Wildman–Crippen LogP) is 1.27. The normalized spacial score (nSPS) is 18.0. The molecule has 2 aliphatic rings. The molecule has 0 fully saturated rings. The van der Waals surface area contributed by atoms with Gasteiger partial charge < -0.3 is 19.7 Å². The number of amides is 1. The summed E-state index contributed by atoms with van der Waals surface area (Å²) in [5, 5.41) is 2.95. The van der Waals surface area contributed by atoms with Crippen LogP contribution in [0.15, 0.2) is 48.8 Å². The molecule has 0 radical (unpaired) electrons. The van der Waals surface area contributed by atoms with Crippen LogP contribution in [-0.4, -0.2) is 35.3 Å². The number of hydrogen-bond acceptors (Lipinski definition) is 6. The quantitative estimate of drug-likeness (QED) is 0.854. The van der Waals surface area contributed by atoms with Crippen molar-refractivity contribution >= 4 is 11.9 Å². The Balaban J connectivity index is 1.41. The van der Waals surface area contributed by atoms with Gasteiger partial charge in [-0.3, -0.25) is 4.79 Å². The molecular formula is C17H16N4O3. The van der Waals surface area contributed by atoms with Gasteiger partial charge in [-0.2, -0.15) is 0 Å². The van der Waals surface area contributed by atoms with E-state index in [2.05, 4.69) is 15.3 Å². The Morgan fingerprint density at radius 2 is 2.08 bits per heavy atom. The van der Waals surface area contributed by atoms with E-state index in [4.69, 9.17) is 9.47 Å². The van der Waals surface area contributed by atoms with E-state index in [1.54, 1.807) is 18.5 Å². The van der Waals surface area contributed by atoms with Crippen LogP contribution in [0, 0.1) is 0 Å². The number of aromatic nitrogens is 2. The molecule has 3 heterocycles. The van der Waals surface area contributed by atoms with Gasteiger partial charge in [0.15, 0.2) is 11.5 Å². The third kappa shape index (κ3) is 2.76. The number of carbonyl (C=O) groups is 1. The van der Waals surface area contributed by atoms with Crippen LogP contribution >= 0.6 is 0 Å². The second-order valence-electron chi connectivity index (χ2n) is 5.48. The minimum Gasteiger partial charge on any atom is -0.454 e. The van der Waals surface area contributed by atoms with E-state index in [0.29, 0.717) is 24.8 Å². The van der Waals surface area contributed by atoms with Gasteiger partial charge in [0.05, 0.1) is 0 Å². The summed E-state index contributed by atoms with van der Waals surface area (Å²) in [4.78, 5) is 22.8. The van der Waals surface area contributed by atoms with Crippen molar-refractivity contribution in [3.63, 3.8) is 0 Å². The van der Waals surface area contributed by atoms with E-state index in [-0.39, 0.29) is 12.7 Å². The van der Waals surface area contributed by atoms with Crippen LogP contribution < -0.4 is 19.7 Å². The molecule has 1 aromatic heterocycles. The van der Waals surface area contributed by atoms with Gasteiger partial charge in [-0.05, 0) is 23.8 Å². The number of anilines is 1. The van der Waals surface area contributed by atoms with Crippen LogP contribution in [0.3, 0.4) is 0 Å². The second-order valence-corrected chi connectivity index (χ2v) is 5.48. The lowest BCUT2D eigenvalue weighted by atomic mass is 10.2. The average Bonchev–Trinajstić information content (AvgIpc) is 3.29. The van der Waals surface area contributed by atoms with Crippen LogP contribution in [0.4, 0.5) is 5.95 Å². The van der Waals surface area contributed by atoms with Crippen molar-refractivity contribution < 1.29 is 14.3 Å². The maximum atomic E-state index is 12.5. The van der Waals surface area contributed by atoms with Crippen molar-refractivity contribution in [1.82, 2.24) is 15.3 Å². The Bertz CT molecular complexity index is 779. The first kappa shape index (κ1) is 14.5. The highest BCUT2D eigenvalue weighted by Crippen LogP contribution is 2.32. The third-order valence-corrected chi connectivity index (χ3v) is 3.94. The Morgan fingerprint density at radius 1 is 1.25 bits per heavy atom. The lowest BCUT2D eigenvalue weighted by Crippen LogP contribution is -2.44. The zero-order valence-electron chi connectivity index (χ0n) is 12.9. The summed E-state index contributed by atoms with van der Waals surface area (Å²) in [6.45, 7) is 1.28. The number of rotatable bonds is 4. The van der Waals surface area contributed by atoms with Crippen molar-refractivity contribution in [2.24, 2.45) is 0 Å². The second kappa shape index (κ2) is 6.19. The molecule has 0 bridgehead atoms. The summed E-state index contributed by atoms with van der Waals surface area (Å²) in [5.74, 6) is 1.90. The van der Waals surface area contributed by atoms with E-state index in [1.807, 2.05) is 35.3 Å². The van der Waals surface area contributed by atoms with Crippen LogP contribution in [0.2, 0.25) is 0 Å². The molecule has 1 N–H and O–H groups in total. The Kier molecular flexibility index (Phi) is 3.74. The molecule has 0 saturated heterocycles. The van der Waals surface area contributed by atoms with Crippen LogP contribution in [0.5, 0.6) is 11.5 Å². The fraction of sp³-hybridized carbons (Fsp3) is 0.235. The van der Waals surface area contributed by atoms with Gasteiger partial charge in [-0.25, -0.2) is 9.97 Å². The van der Waals surface area contributed by atoms with Gasteiger partial charge in [-0.15, -0.1) is 0 Å². The summed E-state index contributed by atoms with van der Waals surface area (Å²) in [5.41, 5.74) is 0.956. The molecule has 1 atom stereocenters. The molecule has 1 aromatic carbocycles. The van der Waals surface area contributed by atoms with E-state index >= 15 is 0 Å². The highest BCUT2D eigenvalue weighted by atomic mass is 16.7. The van der Waals surface area contributed by atoms with Crippen LogP contribution in [-0.2, 0) is 11.3 Å². The minimum atomic E-state index is -0.401. The lowest BCUT2D eigenvalue weighted by molar-refractivity contribution is -0.121. The van der Waals surface area contributed by atoms with Crippen LogP contribution in [0.25, 0.3) is 0 Å². The number of benzene rings is 1. The Hall–Kier alpha value is -3.09. The summed E-state index contributed by atoms with van der Waals surface area (Å²) in [6, 6.07) is 6.99. The summed E-state index contributed by atoms with van der Waals surface area (Å²) in [6.07, 6.45) is 7.15. The number of nitrogens with zero attached hydrogens (tertiary/aromatic N) is 3. The van der Waals surface area contributed by atoms with Crippen molar-refractivity contribution in [2.45, 2.75) is 12.6 Å². The van der Waals surface area contributed by atoms with Crippen molar-refractivity contribution in [2.75, 3.05) is 18.2 Å². The first-order valence-electron chi connectivity index (χ1n) is 7.68. The maximum absolute atomic E-state index is 12.5. The smallest absolute Gasteiger partial charge is 0.247 e. The number of nitrogens with one attached hydrogen (secondary N) is 1.